The number of aromatic nitrogens is 3. The van der Waals surface area contributed by atoms with Gasteiger partial charge in [-0.05, 0) is 24.6 Å². The summed E-state index contributed by atoms with van der Waals surface area (Å²) in [6.45, 7) is 3.08. The molecular formula is C27H26N4O4S. The number of anilines is 1. The summed E-state index contributed by atoms with van der Waals surface area (Å²) < 4.78 is 13.4. The monoisotopic (exact) mass is 502 g/mol. The van der Waals surface area contributed by atoms with E-state index in [0.29, 0.717) is 38.9 Å². The number of carbonyl (C=O) groups excluding carboxylic acids is 1. The molecule has 0 N–H and O–H groups in total. The molecule has 2 aliphatic heterocycles. The summed E-state index contributed by atoms with van der Waals surface area (Å²) >= 11 is 1.19. The van der Waals surface area contributed by atoms with Crippen LogP contribution in [-0.4, -0.2) is 33.7 Å². The van der Waals surface area contributed by atoms with Crippen LogP contribution in [0, 0.1) is 0 Å². The molecule has 0 fully saturated rings. The Morgan fingerprint density at radius 3 is 2.61 bits per heavy atom. The smallest absolute Gasteiger partial charge is 0.291 e. The molecule has 2 aromatic carbocycles. The Bertz CT molecular complexity index is 1560. The Morgan fingerprint density at radius 2 is 1.78 bits per heavy atom. The fourth-order valence-electron chi connectivity index (χ4n) is 4.78. The lowest BCUT2D eigenvalue weighted by molar-refractivity contribution is -0.113. The highest BCUT2D eigenvalue weighted by atomic mass is 32.1. The first kappa shape index (κ1) is 22.7. The highest BCUT2D eigenvalue weighted by Gasteiger charge is 2.34. The zero-order chi connectivity index (χ0) is 24.6. The van der Waals surface area contributed by atoms with E-state index in [1.54, 1.807) is 0 Å². The molecule has 2 aromatic heterocycles. The fourth-order valence-corrected chi connectivity index (χ4v) is 5.78. The third-order valence-corrected chi connectivity index (χ3v) is 7.64. The van der Waals surface area contributed by atoms with Crippen LogP contribution in [0.25, 0.3) is 10.5 Å². The molecule has 0 unspecified atom stereocenters. The van der Waals surface area contributed by atoms with Crippen LogP contribution >= 0.6 is 11.3 Å². The van der Waals surface area contributed by atoms with E-state index in [0.717, 1.165) is 24.1 Å². The molecule has 4 heterocycles. The number of ether oxygens (including phenoxy) is 2. The van der Waals surface area contributed by atoms with Crippen molar-refractivity contribution in [3.8, 4) is 11.5 Å². The average molecular weight is 503 g/mol. The molecule has 184 valence electrons. The maximum absolute atomic E-state index is 13.5. The third-order valence-electron chi connectivity index (χ3n) is 6.61. The van der Waals surface area contributed by atoms with Gasteiger partial charge in [-0.3, -0.25) is 9.59 Å². The predicted molar refractivity (Wildman–Crippen MR) is 138 cm³/mol. The van der Waals surface area contributed by atoms with E-state index in [1.807, 2.05) is 53.4 Å². The van der Waals surface area contributed by atoms with Gasteiger partial charge in [0.15, 0.2) is 23.4 Å². The first-order valence-corrected chi connectivity index (χ1v) is 13.2. The molecule has 0 bridgehead atoms. The van der Waals surface area contributed by atoms with Gasteiger partial charge in [-0.2, -0.15) is 9.50 Å². The number of unbranched alkanes of at least 4 members (excludes halogenated alkanes) is 4. The number of para-hydroxylation sites is 3. The Balaban J connectivity index is 1.33. The van der Waals surface area contributed by atoms with Crippen LogP contribution in [0.3, 0.4) is 0 Å². The third kappa shape index (κ3) is 3.83. The Kier molecular flexibility index (Phi) is 5.92. The molecule has 4 aromatic rings. The Morgan fingerprint density at radius 1 is 1.00 bits per heavy atom. The van der Waals surface area contributed by atoms with Crippen molar-refractivity contribution in [1.29, 1.82) is 0 Å². The van der Waals surface area contributed by atoms with Crippen molar-refractivity contribution in [2.24, 2.45) is 0 Å². The zero-order valence-electron chi connectivity index (χ0n) is 20.0. The Labute approximate surface area is 211 Å². The fraction of sp³-hybridized carbons (Fsp3) is 0.333. The van der Waals surface area contributed by atoms with Crippen LogP contribution in [0.1, 0.15) is 56.5 Å². The number of nitrogens with zero attached hydrogens (tertiary/aromatic N) is 4. The van der Waals surface area contributed by atoms with Crippen molar-refractivity contribution < 1.29 is 14.3 Å². The lowest BCUT2D eigenvalue weighted by Gasteiger charge is -2.24. The molecule has 0 radical (unpaired) electrons. The second-order valence-electron chi connectivity index (χ2n) is 9.03. The van der Waals surface area contributed by atoms with Crippen LogP contribution in [0.2, 0.25) is 0 Å². The summed E-state index contributed by atoms with van der Waals surface area (Å²) in [5.74, 6) is 1.55. The minimum Gasteiger partial charge on any atom is -0.485 e. The first-order valence-electron chi connectivity index (χ1n) is 12.4. The summed E-state index contributed by atoms with van der Waals surface area (Å²) in [6.07, 6.45) is 5.05. The van der Waals surface area contributed by atoms with Gasteiger partial charge in [0.05, 0.1) is 11.3 Å². The van der Waals surface area contributed by atoms with E-state index in [2.05, 4.69) is 17.0 Å². The largest absolute Gasteiger partial charge is 0.485 e. The van der Waals surface area contributed by atoms with Gasteiger partial charge in [-0.1, -0.05) is 74.3 Å². The number of hydrogen-bond donors (Lipinski definition) is 0. The number of fused-ring (bicyclic) bond motifs is 3. The first-order chi connectivity index (χ1) is 17.7. The van der Waals surface area contributed by atoms with Gasteiger partial charge in [-0.15, -0.1) is 5.10 Å². The number of hydrogen-bond acceptors (Lipinski definition) is 7. The lowest BCUT2D eigenvalue weighted by atomic mass is 10.1. The molecule has 6 rings (SSSR count). The minimum absolute atomic E-state index is 0.130. The molecule has 36 heavy (non-hydrogen) atoms. The van der Waals surface area contributed by atoms with Crippen LogP contribution in [-0.2, 0) is 4.79 Å². The molecule has 0 saturated carbocycles. The minimum atomic E-state index is -0.514. The zero-order valence-corrected chi connectivity index (χ0v) is 20.8. The van der Waals surface area contributed by atoms with Crippen LogP contribution in [0.4, 0.5) is 5.69 Å². The Hall–Kier alpha value is -3.72. The van der Waals surface area contributed by atoms with Gasteiger partial charge in [0.25, 0.3) is 11.5 Å². The van der Waals surface area contributed by atoms with Crippen LogP contribution in [0.15, 0.2) is 53.3 Å². The predicted octanol–water partition coefficient (Wildman–Crippen LogP) is 3.90. The summed E-state index contributed by atoms with van der Waals surface area (Å²) in [6, 6.07) is 15.1. The van der Waals surface area contributed by atoms with Crippen molar-refractivity contribution in [2.75, 3.05) is 18.1 Å². The van der Waals surface area contributed by atoms with E-state index in [1.165, 1.54) is 35.1 Å². The molecule has 8 nitrogen and oxygen atoms in total. The summed E-state index contributed by atoms with van der Waals surface area (Å²) in [7, 11) is 0. The van der Waals surface area contributed by atoms with Gasteiger partial charge >= 0.3 is 0 Å². The highest BCUT2D eigenvalue weighted by Crippen LogP contribution is 2.36. The molecule has 0 aliphatic carbocycles. The number of rotatable bonds is 7. The molecule has 0 saturated heterocycles. The van der Waals surface area contributed by atoms with E-state index >= 15 is 0 Å². The average Bonchev–Trinajstić information content (AvgIpc) is 3.54. The number of thiazole rings is 1. The van der Waals surface area contributed by atoms with Crippen molar-refractivity contribution in [2.45, 2.75) is 45.1 Å². The van der Waals surface area contributed by atoms with Crippen molar-refractivity contribution >= 4 is 33.5 Å². The van der Waals surface area contributed by atoms with E-state index in [9.17, 15) is 9.59 Å². The molecular weight excluding hydrogens is 476 g/mol. The summed E-state index contributed by atoms with van der Waals surface area (Å²) in [5.41, 5.74) is 1.75. The van der Waals surface area contributed by atoms with Crippen molar-refractivity contribution in [3.63, 3.8) is 0 Å². The molecule has 1 atom stereocenters. The number of benzene rings is 2. The summed E-state index contributed by atoms with van der Waals surface area (Å²) in [5, 5.41) is 4.44. The number of amides is 1. The van der Waals surface area contributed by atoms with E-state index in [4.69, 9.17) is 9.47 Å². The van der Waals surface area contributed by atoms with Gasteiger partial charge in [0.2, 0.25) is 4.96 Å². The molecule has 2 aliphatic rings. The lowest BCUT2D eigenvalue weighted by Crippen LogP contribution is -2.33. The molecule has 1 amide bonds. The standard InChI is InChI=1S/C27H26N4O4S/c1-2-3-4-5-10-15-30-18-12-7-6-11-17(18)22(25(30)32)23-26(33)31-27(36-23)28-24(29-31)21-16-34-19-13-8-9-14-20(19)35-21/h6-9,11-14,21H,2-5,10,15-16H2,1H3/b23-22-/t21-/m1/s1. The number of carbonyl (C=O) groups is 1. The second-order valence-corrected chi connectivity index (χ2v) is 10.0. The SMILES string of the molecule is CCCCCCCN1C(=O)/C(=c2\sc3nc([C@H]4COc5ccccc5O4)nn3c2=O)c2ccccc21. The normalized spacial score (nSPS) is 18.2. The highest BCUT2D eigenvalue weighted by molar-refractivity contribution is 7.15. The maximum Gasteiger partial charge on any atom is 0.291 e. The van der Waals surface area contributed by atoms with Gasteiger partial charge in [0, 0.05) is 12.1 Å². The van der Waals surface area contributed by atoms with Crippen molar-refractivity contribution in [3.05, 3.63) is 74.8 Å². The van der Waals surface area contributed by atoms with Gasteiger partial charge in [0.1, 0.15) is 11.1 Å². The van der Waals surface area contributed by atoms with Crippen molar-refractivity contribution in [1.82, 2.24) is 14.6 Å². The van der Waals surface area contributed by atoms with E-state index < -0.39 is 6.10 Å². The van der Waals surface area contributed by atoms with Crippen LogP contribution < -0.4 is 24.5 Å². The topological polar surface area (TPSA) is 86.0 Å². The van der Waals surface area contributed by atoms with Gasteiger partial charge < -0.3 is 14.4 Å². The second kappa shape index (κ2) is 9.39. The quantitative estimate of drug-likeness (QED) is 0.357. The van der Waals surface area contributed by atoms with Crippen LogP contribution in [0.5, 0.6) is 11.5 Å². The molecule has 9 heteroatoms. The summed E-state index contributed by atoms with van der Waals surface area (Å²) in [4.78, 5) is 33.8. The molecule has 0 spiro atoms. The maximum atomic E-state index is 13.5. The van der Waals surface area contributed by atoms with E-state index in [-0.39, 0.29) is 18.1 Å². The van der Waals surface area contributed by atoms with Gasteiger partial charge in [-0.25, -0.2) is 0 Å².